The molecule has 0 spiro atoms. The van der Waals surface area contributed by atoms with Crippen LogP contribution in [0.1, 0.15) is 73.2 Å². The maximum Gasteiger partial charge on any atom is 0.253 e. The molecule has 1 saturated carbocycles. The Morgan fingerprint density at radius 2 is 1.68 bits per heavy atom. The first kappa shape index (κ1) is 28.3. The fourth-order valence-electron chi connectivity index (χ4n) is 7.08. The molecule has 1 aliphatic carbocycles. The van der Waals surface area contributed by atoms with Gasteiger partial charge in [0.2, 0.25) is 0 Å². The molecular weight excluding hydrogens is 519 g/mol. The van der Waals surface area contributed by atoms with Gasteiger partial charge in [-0.05, 0) is 48.6 Å². The molecule has 222 valence electrons. The summed E-state index contributed by atoms with van der Waals surface area (Å²) in [5.74, 6) is 1.84. The first-order chi connectivity index (χ1) is 20.0. The number of carbonyl (C=O) groups excluding carboxylic acids is 1. The summed E-state index contributed by atoms with van der Waals surface area (Å²) >= 11 is 0. The number of hydrogen-bond donors (Lipinski definition) is 2. The summed E-state index contributed by atoms with van der Waals surface area (Å²) in [6, 6.07) is 11.2. The van der Waals surface area contributed by atoms with E-state index in [1.807, 2.05) is 17.0 Å². The monoisotopic (exact) mass is 565 g/mol. The number of likely N-dealkylation sites (tertiary alicyclic amines) is 2. The predicted molar refractivity (Wildman–Crippen MR) is 159 cm³/mol. The molecule has 3 saturated heterocycles. The van der Waals surface area contributed by atoms with Gasteiger partial charge in [-0.25, -0.2) is 4.39 Å². The van der Waals surface area contributed by atoms with Crippen molar-refractivity contribution in [3.05, 3.63) is 53.3 Å². The Morgan fingerprint density at radius 1 is 0.902 bits per heavy atom. The molecule has 2 aromatic rings. The Labute approximate surface area is 244 Å². The molecule has 4 aliphatic rings. The van der Waals surface area contributed by atoms with Gasteiger partial charge in [0.25, 0.3) is 5.91 Å². The molecule has 2 aromatic carbocycles. The normalized spacial score (nSPS) is 24.4. The number of quaternary nitrogens is 1. The van der Waals surface area contributed by atoms with Gasteiger partial charge in [0.15, 0.2) is 6.10 Å². The van der Waals surface area contributed by atoms with Crippen LogP contribution in [0.3, 0.4) is 0 Å². The maximum atomic E-state index is 14.4. The minimum Gasteiger partial charge on any atom is -0.490 e. The summed E-state index contributed by atoms with van der Waals surface area (Å²) in [6.45, 7) is 6.97. The van der Waals surface area contributed by atoms with Crippen LogP contribution in [0.15, 0.2) is 36.4 Å². The van der Waals surface area contributed by atoms with Crippen LogP contribution in [0.25, 0.3) is 0 Å². The second kappa shape index (κ2) is 13.0. The topological polar surface area (TPSA) is 58.5 Å². The maximum absolute atomic E-state index is 14.4. The summed E-state index contributed by atoms with van der Waals surface area (Å²) < 4.78 is 27.2. The van der Waals surface area contributed by atoms with Crippen molar-refractivity contribution in [1.82, 2.24) is 10.2 Å². The van der Waals surface area contributed by atoms with Crippen molar-refractivity contribution in [2.45, 2.75) is 69.5 Å². The van der Waals surface area contributed by atoms with E-state index >= 15 is 0 Å². The van der Waals surface area contributed by atoms with Gasteiger partial charge in [-0.2, -0.15) is 0 Å². The molecule has 7 nitrogen and oxygen atoms in total. The van der Waals surface area contributed by atoms with E-state index in [9.17, 15) is 9.18 Å². The number of piperidine rings is 1. The van der Waals surface area contributed by atoms with Crippen molar-refractivity contribution < 1.29 is 23.6 Å². The van der Waals surface area contributed by atoms with E-state index in [1.54, 1.807) is 6.07 Å². The van der Waals surface area contributed by atoms with Gasteiger partial charge in [0.1, 0.15) is 30.0 Å². The van der Waals surface area contributed by atoms with Gasteiger partial charge in [0.05, 0.1) is 13.6 Å². The summed E-state index contributed by atoms with van der Waals surface area (Å²) in [5, 5.41) is 3.34. The number of amides is 1. The van der Waals surface area contributed by atoms with Crippen molar-refractivity contribution in [1.29, 1.82) is 0 Å². The summed E-state index contributed by atoms with van der Waals surface area (Å²) in [7, 11) is 2.23. The predicted octanol–water partition coefficient (Wildman–Crippen LogP) is 3.63. The molecule has 6 rings (SSSR count). The number of rotatable bonds is 7. The standard InChI is InChI=1S/C33H45FN4O3/c1-36-14-9-29(23-36)41-32-8-7-25(19-31(32)24-5-3-2-4-6-24)33(39)38-15-10-28(11-16-38)40-30-21-26(34)20-27(22-30)37-17-12-35-13-18-37/h7-8,19-22,24,28-29,35H,2-6,9-18,23H2,1H3/p+1/t29-/m0/s1. The Hall–Kier alpha value is -2.84. The van der Waals surface area contributed by atoms with Gasteiger partial charge in [-0.1, -0.05) is 19.3 Å². The van der Waals surface area contributed by atoms with E-state index in [1.165, 1.54) is 48.6 Å². The highest BCUT2D eigenvalue weighted by Crippen LogP contribution is 2.39. The number of likely N-dealkylation sites (N-methyl/N-ethyl adjacent to an activating group) is 1. The van der Waals surface area contributed by atoms with E-state index in [-0.39, 0.29) is 23.9 Å². The average Bonchev–Trinajstić information content (AvgIpc) is 3.42. The molecule has 0 bridgehead atoms. The zero-order valence-electron chi connectivity index (χ0n) is 24.5. The summed E-state index contributed by atoms with van der Waals surface area (Å²) in [5.41, 5.74) is 2.86. The lowest BCUT2D eigenvalue weighted by atomic mass is 9.83. The van der Waals surface area contributed by atoms with Crippen LogP contribution in [-0.2, 0) is 0 Å². The fourth-order valence-corrected chi connectivity index (χ4v) is 7.08. The molecule has 4 fully saturated rings. The molecule has 1 unspecified atom stereocenters. The fraction of sp³-hybridized carbons (Fsp3) is 0.606. The number of benzene rings is 2. The average molecular weight is 566 g/mol. The van der Waals surface area contributed by atoms with Crippen LogP contribution in [0.4, 0.5) is 10.1 Å². The SMILES string of the molecule is C[NH+]1CC[C@H](Oc2ccc(C(=O)N3CCC(Oc4cc(F)cc(N5CCNCC5)c4)CC3)cc2C2CCCCC2)C1. The molecule has 3 aliphatic heterocycles. The third kappa shape index (κ3) is 6.97. The van der Waals surface area contributed by atoms with E-state index in [2.05, 4.69) is 29.4 Å². The Morgan fingerprint density at radius 3 is 2.41 bits per heavy atom. The quantitative estimate of drug-likeness (QED) is 0.537. The molecule has 0 radical (unpaired) electrons. The van der Waals surface area contributed by atoms with Gasteiger partial charge in [0, 0.05) is 81.9 Å². The summed E-state index contributed by atoms with van der Waals surface area (Å²) in [4.78, 5) is 19.3. The number of nitrogens with one attached hydrogen (secondary N) is 2. The van der Waals surface area contributed by atoms with Crippen LogP contribution in [0.2, 0.25) is 0 Å². The number of halogens is 1. The minimum atomic E-state index is -0.272. The summed E-state index contributed by atoms with van der Waals surface area (Å²) in [6.07, 6.45) is 8.90. The van der Waals surface area contributed by atoms with Crippen LogP contribution in [-0.4, -0.2) is 82.4 Å². The van der Waals surface area contributed by atoms with Crippen LogP contribution in [0.5, 0.6) is 11.5 Å². The largest absolute Gasteiger partial charge is 0.490 e. The highest BCUT2D eigenvalue weighted by molar-refractivity contribution is 5.94. The number of anilines is 1. The number of carbonyl (C=O) groups is 1. The Balaban J connectivity index is 1.09. The molecular formula is C33H46FN4O3+. The molecule has 41 heavy (non-hydrogen) atoms. The van der Waals surface area contributed by atoms with Crippen molar-refractivity contribution in [2.75, 3.05) is 64.3 Å². The number of nitrogens with zero attached hydrogens (tertiary/aromatic N) is 2. The van der Waals surface area contributed by atoms with Crippen molar-refractivity contribution >= 4 is 11.6 Å². The molecule has 1 amide bonds. The van der Waals surface area contributed by atoms with E-state index in [4.69, 9.17) is 9.47 Å². The van der Waals surface area contributed by atoms with Gasteiger partial charge in [-0.3, -0.25) is 4.79 Å². The Bertz CT molecular complexity index is 1190. The van der Waals surface area contributed by atoms with E-state index < -0.39 is 0 Å². The van der Waals surface area contributed by atoms with Crippen LogP contribution >= 0.6 is 0 Å². The number of hydrogen-bond acceptors (Lipinski definition) is 5. The molecule has 0 aromatic heterocycles. The highest BCUT2D eigenvalue weighted by atomic mass is 19.1. The van der Waals surface area contributed by atoms with Gasteiger partial charge < -0.3 is 29.5 Å². The third-order valence-corrected chi connectivity index (χ3v) is 9.43. The first-order valence-corrected chi connectivity index (χ1v) is 15.9. The van der Waals surface area contributed by atoms with Crippen molar-refractivity contribution in [3.8, 4) is 11.5 Å². The van der Waals surface area contributed by atoms with Gasteiger partial charge >= 0.3 is 0 Å². The zero-order chi connectivity index (χ0) is 28.2. The van der Waals surface area contributed by atoms with Crippen LogP contribution < -0.4 is 24.6 Å². The lowest BCUT2D eigenvalue weighted by molar-refractivity contribution is -0.867. The second-order valence-electron chi connectivity index (χ2n) is 12.5. The minimum absolute atomic E-state index is 0.0306. The van der Waals surface area contributed by atoms with Crippen LogP contribution in [0, 0.1) is 5.82 Å². The second-order valence-corrected chi connectivity index (χ2v) is 12.5. The first-order valence-electron chi connectivity index (χ1n) is 15.9. The van der Waals surface area contributed by atoms with E-state index in [0.29, 0.717) is 24.8 Å². The molecule has 3 heterocycles. The highest BCUT2D eigenvalue weighted by Gasteiger charge is 2.30. The van der Waals surface area contributed by atoms with Gasteiger partial charge in [-0.15, -0.1) is 0 Å². The lowest BCUT2D eigenvalue weighted by Gasteiger charge is -2.33. The number of piperazine rings is 1. The smallest absolute Gasteiger partial charge is 0.253 e. The molecule has 2 atom stereocenters. The zero-order valence-corrected chi connectivity index (χ0v) is 24.5. The third-order valence-electron chi connectivity index (χ3n) is 9.43. The number of ether oxygens (including phenoxy) is 2. The lowest BCUT2D eigenvalue weighted by Crippen LogP contribution is -3.07. The Kier molecular flexibility index (Phi) is 8.96. The van der Waals surface area contributed by atoms with E-state index in [0.717, 1.165) is 75.5 Å². The molecule has 2 N–H and O–H groups in total. The van der Waals surface area contributed by atoms with Crippen molar-refractivity contribution in [3.63, 3.8) is 0 Å². The van der Waals surface area contributed by atoms with Crippen molar-refractivity contribution in [2.24, 2.45) is 0 Å². The molecule has 8 heteroatoms.